The van der Waals surface area contributed by atoms with Crippen molar-refractivity contribution in [2.24, 2.45) is 0 Å². The number of aromatic amines is 1. The lowest BCUT2D eigenvalue weighted by molar-refractivity contribution is 0.0429. The molecular formula is C19H28N6. The summed E-state index contributed by atoms with van der Waals surface area (Å²) in [5.41, 5.74) is 3.75. The first-order chi connectivity index (χ1) is 12.2. The Labute approximate surface area is 149 Å². The van der Waals surface area contributed by atoms with Crippen LogP contribution in [0.4, 0.5) is 5.95 Å². The zero-order valence-electron chi connectivity index (χ0n) is 15.3. The second kappa shape index (κ2) is 6.75. The quantitative estimate of drug-likeness (QED) is 0.927. The van der Waals surface area contributed by atoms with Gasteiger partial charge in [0.2, 0.25) is 5.95 Å². The number of rotatable bonds is 4. The number of H-pyrrole nitrogens is 1. The molecule has 0 aliphatic carbocycles. The van der Waals surface area contributed by atoms with E-state index in [1.807, 2.05) is 25.5 Å². The monoisotopic (exact) mass is 340 g/mol. The number of piperidine rings is 1. The highest BCUT2D eigenvalue weighted by atomic mass is 15.3. The van der Waals surface area contributed by atoms with E-state index in [0.717, 1.165) is 50.5 Å². The van der Waals surface area contributed by atoms with Gasteiger partial charge >= 0.3 is 0 Å². The van der Waals surface area contributed by atoms with Gasteiger partial charge < -0.3 is 9.88 Å². The van der Waals surface area contributed by atoms with Gasteiger partial charge in [-0.05, 0) is 38.8 Å². The van der Waals surface area contributed by atoms with Crippen LogP contribution >= 0.6 is 0 Å². The molecule has 0 unspecified atom stereocenters. The maximum Gasteiger partial charge on any atom is 0.225 e. The molecular weight excluding hydrogens is 312 g/mol. The fourth-order valence-electron chi connectivity index (χ4n) is 4.42. The summed E-state index contributed by atoms with van der Waals surface area (Å²) in [5.74, 6) is 0.869. The Kier molecular flexibility index (Phi) is 4.46. The highest BCUT2D eigenvalue weighted by Crippen LogP contribution is 2.42. The van der Waals surface area contributed by atoms with E-state index in [9.17, 15) is 0 Å². The largest absolute Gasteiger partial charge is 0.348 e. The van der Waals surface area contributed by atoms with Crippen molar-refractivity contribution in [1.82, 2.24) is 24.8 Å². The lowest BCUT2D eigenvalue weighted by Gasteiger charge is -2.50. The van der Waals surface area contributed by atoms with Crippen molar-refractivity contribution in [2.75, 3.05) is 31.1 Å². The molecule has 0 atom stereocenters. The summed E-state index contributed by atoms with van der Waals surface area (Å²) < 4.78 is 0. The highest BCUT2D eigenvalue weighted by Gasteiger charge is 2.46. The summed E-state index contributed by atoms with van der Waals surface area (Å²) in [4.78, 5) is 22.3. The van der Waals surface area contributed by atoms with Crippen LogP contribution in [0.15, 0.2) is 18.6 Å². The van der Waals surface area contributed by atoms with Gasteiger partial charge in [0.1, 0.15) is 0 Å². The van der Waals surface area contributed by atoms with Crippen molar-refractivity contribution in [3.8, 4) is 0 Å². The number of imidazole rings is 1. The van der Waals surface area contributed by atoms with Crippen LogP contribution in [-0.2, 0) is 12.0 Å². The van der Waals surface area contributed by atoms with Gasteiger partial charge in [-0.2, -0.15) is 0 Å². The summed E-state index contributed by atoms with van der Waals surface area (Å²) >= 11 is 0. The molecule has 1 N–H and O–H groups in total. The fourth-order valence-corrected chi connectivity index (χ4v) is 4.42. The normalized spacial score (nSPS) is 20.0. The Hall–Kier alpha value is -1.95. The van der Waals surface area contributed by atoms with Crippen molar-refractivity contribution < 1.29 is 0 Å². The van der Waals surface area contributed by atoms with Crippen LogP contribution in [0.5, 0.6) is 0 Å². The first kappa shape index (κ1) is 16.5. The third kappa shape index (κ3) is 2.92. The molecule has 1 saturated heterocycles. The van der Waals surface area contributed by atoms with Crippen LogP contribution in [-0.4, -0.2) is 51.0 Å². The number of hydrogen-bond donors (Lipinski definition) is 1. The topological polar surface area (TPSA) is 60.9 Å². The Morgan fingerprint density at radius 3 is 2.80 bits per heavy atom. The second-order valence-corrected chi connectivity index (χ2v) is 7.34. The minimum Gasteiger partial charge on any atom is -0.348 e. The number of nitrogens with zero attached hydrogens (tertiary/aromatic N) is 5. The maximum atomic E-state index is 4.76. The summed E-state index contributed by atoms with van der Waals surface area (Å²) in [6.45, 7) is 8.57. The average molecular weight is 340 g/mol. The molecule has 4 heterocycles. The van der Waals surface area contributed by atoms with E-state index in [0.29, 0.717) is 0 Å². The van der Waals surface area contributed by atoms with Gasteiger partial charge in [0.25, 0.3) is 0 Å². The van der Waals surface area contributed by atoms with Crippen LogP contribution in [0, 0.1) is 6.92 Å². The van der Waals surface area contributed by atoms with Gasteiger partial charge in [0, 0.05) is 43.6 Å². The molecule has 2 aliphatic heterocycles. The third-order valence-corrected chi connectivity index (χ3v) is 5.83. The van der Waals surface area contributed by atoms with Crippen molar-refractivity contribution in [3.63, 3.8) is 0 Å². The molecule has 0 radical (unpaired) electrons. The molecule has 6 heteroatoms. The molecule has 1 fully saturated rings. The van der Waals surface area contributed by atoms with Crippen LogP contribution in [0.3, 0.4) is 0 Å². The number of fused-ring (bicyclic) bond motifs is 2. The predicted octanol–water partition coefficient (Wildman–Crippen LogP) is 2.66. The Morgan fingerprint density at radius 2 is 2.04 bits per heavy atom. The van der Waals surface area contributed by atoms with Crippen LogP contribution in [0.2, 0.25) is 0 Å². The zero-order valence-corrected chi connectivity index (χ0v) is 15.3. The molecule has 2 aromatic rings. The predicted molar refractivity (Wildman–Crippen MR) is 98.7 cm³/mol. The van der Waals surface area contributed by atoms with Crippen molar-refractivity contribution in [2.45, 2.75) is 51.5 Å². The molecule has 4 rings (SSSR count). The molecule has 134 valence electrons. The van der Waals surface area contributed by atoms with Gasteiger partial charge in [0.05, 0.1) is 17.6 Å². The summed E-state index contributed by atoms with van der Waals surface area (Å²) in [6, 6.07) is 1.96. The molecule has 1 spiro atoms. The number of nitrogens with one attached hydrogen (secondary N) is 1. The number of hydrogen-bond acceptors (Lipinski definition) is 5. The van der Waals surface area contributed by atoms with Gasteiger partial charge in [0.15, 0.2) is 0 Å². The van der Waals surface area contributed by atoms with Crippen molar-refractivity contribution in [1.29, 1.82) is 0 Å². The number of aromatic nitrogens is 4. The molecule has 25 heavy (non-hydrogen) atoms. The standard InChI is InChI=1S/C19H28N6/c1-3-4-10-25-11-6-16-17(22-14-21-16)19(25)7-12-24(13-8-19)18-20-9-5-15(2)23-18/h5,9,14H,3-4,6-8,10-13H2,1-2H3,(H,21,22). The smallest absolute Gasteiger partial charge is 0.225 e. The van der Waals surface area contributed by atoms with Crippen LogP contribution in [0.25, 0.3) is 0 Å². The van der Waals surface area contributed by atoms with Gasteiger partial charge in [-0.25, -0.2) is 15.0 Å². The second-order valence-electron chi connectivity index (χ2n) is 7.34. The minimum atomic E-state index is 0.0864. The van der Waals surface area contributed by atoms with Gasteiger partial charge in [-0.1, -0.05) is 13.3 Å². The van der Waals surface area contributed by atoms with Crippen molar-refractivity contribution >= 4 is 5.95 Å². The van der Waals surface area contributed by atoms with E-state index in [1.165, 1.54) is 30.8 Å². The van der Waals surface area contributed by atoms with Gasteiger partial charge in [-0.15, -0.1) is 0 Å². The lowest BCUT2D eigenvalue weighted by atomic mass is 9.78. The Balaban J connectivity index is 1.58. The summed E-state index contributed by atoms with van der Waals surface area (Å²) in [6.07, 6.45) is 9.51. The van der Waals surface area contributed by atoms with E-state index in [4.69, 9.17) is 4.98 Å². The zero-order chi connectivity index (χ0) is 17.3. The Bertz CT molecular complexity index is 716. The van der Waals surface area contributed by atoms with Gasteiger partial charge in [-0.3, -0.25) is 4.90 Å². The van der Waals surface area contributed by atoms with E-state index >= 15 is 0 Å². The van der Waals surface area contributed by atoms with E-state index < -0.39 is 0 Å². The maximum absolute atomic E-state index is 4.76. The number of unbranched alkanes of at least 4 members (excludes halogenated alkanes) is 1. The summed E-state index contributed by atoms with van der Waals surface area (Å²) in [5, 5.41) is 0. The molecule has 0 saturated carbocycles. The minimum absolute atomic E-state index is 0.0864. The average Bonchev–Trinajstić information content (AvgIpc) is 3.12. The van der Waals surface area contributed by atoms with Crippen molar-refractivity contribution in [3.05, 3.63) is 35.7 Å². The molecule has 0 aromatic carbocycles. The molecule has 0 amide bonds. The Morgan fingerprint density at radius 1 is 1.20 bits per heavy atom. The van der Waals surface area contributed by atoms with E-state index in [2.05, 4.69) is 31.7 Å². The summed E-state index contributed by atoms with van der Waals surface area (Å²) in [7, 11) is 0. The lowest BCUT2D eigenvalue weighted by Crippen LogP contribution is -2.56. The molecule has 2 aliphatic rings. The number of anilines is 1. The van der Waals surface area contributed by atoms with E-state index in [-0.39, 0.29) is 5.54 Å². The molecule has 6 nitrogen and oxygen atoms in total. The molecule has 2 aromatic heterocycles. The van der Waals surface area contributed by atoms with E-state index in [1.54, 1.807) is 0 Å². The SMILES string of the molecule is CCCCN1CCc2[nH]cnc2C12CCN(c1nccc(C)n1)CC2. The highest BCUT2D eigenvalue weighted by molar-refractivity contribution is 5.35. The first-order valence-corrected chi connectivity index (χ1v) is 9.55. The molecule has 0 bridgehead atoms. The first-order valence-electron chi connectivity index (χ1n) is 9.55. The third-order valence-electron chi connectivity index (χ3n) is 5.83. The van der Waals surface area contributed by atoms with Crippen LogP contribution < -0.4 is 4.90 Å². The fraction of sp³-hybridized carbons (Fsp3) is 0.632. The number of aryl methyl sites for hydroxylation is 1. The van der Waals surface area contributed by atoms with Crippen LogP contribution in [0.1, 0.15) is 49.7 Å².